The molecular formula is C9H12ClNO. The van der Waals surface area contributed by atoms with Crippen molar-refractivity contribution in [3.8, 4) is 0 Å². The highest BCUT2D eigenvalue weighted by molar-refractivity contribution is 6.29. The number of rotatable bonds is 0. The second kappa shape index (κ2) is 2.79. The summed E-state index contributed by atoms with van der Waals surface area (Å²) in [5, 5.41) is 0.565. The summed E-state index contributed by atoms with van der Waals surface area (Å²) in [5.41, 5.74) is 2.44. The van der Waals surface area contributed by atoms with E-state index in [4.69, 9.17) is 16.0 Å². The molecule has 3 heteroatoms. The lowest BCUT2D eigenvalue weighted by molar-refractivity contribution is 0.277. The minimum absolute atomic E-state index is 0.565. The highest BCUT2D eigenvalue weighted by atomic mass is 35.5. The van der Waals surface area contributed by atoms with Gasteiger partial charge in [0, 0.05) is 17.7 Å². The number of hydrogen-bond acceptors (Lipinski definition) is 2. The molecule has 1 aliphatic heterocycles. The normalized spacial score (nSPS) is 17.9. The van der Waals surface area contributed by atoms with Crippen LogP contribution in [-0.2, 0) is 13.0 Å². The van der Waals surface area contributed by atoms with Crippen molar-refractivity contribution in [3.63, 3.8) is 0 Å². The predicted octanol–water partition coefficient (Wildman–Crippen LogP) is 2.23. The Kier molecular flexibility index (Phi) is 1.89. The third-order valence-electron chi connectivity index (χ3n) is 2.45. The van der Waals surface area contributed by atoms with Gasteiger partial charge in [-0.1, -0.05) is 0 Å². The van der Waals surface area contributed by atoms with Gasteiger partial charge in [0.05, 0.1) is 6.54 Å². The number of hydrogen-bond donors (Lipinski definition) is 0. The van der Waals surface area contributed by atoms with Gasteiger partial charge >= 0.3 is 0 Å². The molecule has 0 N–H and O–H groups in total. The minimum atomic E-state index is 0.565. The van der Waals surface area contributed by atoms with Crippen LogP contribution in [0.15, 0.2) is 4.42 Å². The van der Waals surface area contributed by atoms with E-state index in [1.165, 1.54) is 5.56 Å². The first kappa shape index (κ1) is 8.14. The van der Waals surface area contributed by atoms with E-state index in [1.54, 1.807) is 0 Å². The molecule has 12 heavy (non-hydrogen) atoms. The molecule has 2 nitrogen and oxygen atoms in total. The smallest absolute Gasteiger partial charge is 0.196 e. The van der Waals surface area contributed by atoms with Crippen LogP contribution in [0.2, 0.25) is 5.22 Å². The molecule has 0 radical (unpaired) electrons. The number of furan rings is 1. The molecule has 0 saturated carbocycles. The van der Waals surface area contributed by atoms with Crippen molar-refractivity contribution in [2.24, 2.45) is 0 Å². The van der Waals surface area contributed by atoms with Gasteiger partial charge < -0.3 is 4.42 Å². The van der Waals surface area contributed by atoms with Crippen molar-refractivity contribution in [2.45, 2.75) is 19.9 Å². The molecule has 0 bridgehead atoms. The molecule has 2 rings (SSSR count). The summed E-state index contributed by atoms with van der Waals surface area (Å²) in [4.78, 5) is 2.24. The average molecular weight is 186 g/mol. The van der Waals surface area contributed by atoms with E-state index in [0.29, 0.717) is 5.22 Å². The van der Waals surface area contributed by atoms with Gasteiger partial charge in [-0.25, -0.2) is 0 Å². The summed E-state index contributed by atoms with van der Waals surface area (Å²) in [6.45, 7) is 4.02. The van der Waals surface area contributed by atoms with Crippen LogP contribution in [0.3, 0.4) is 0 Å². The van der Waals surface area contributed by atoms with Crippen molar-refractivity contribution in [1.29, 1.82) is 0 Å². The van der Waals surface area contributed by atoms with E-state index in [1.807, 2.05) is 6.92 Å². The molecule has 0 atom stereocenters. The van der Waals surface area contributed by atoms with E-state index < -0.39 is 0 Å². The van der Waals surface area contributed by atoms with Crippen LogP contribution < -0.4 is 0 Å². The van der Waals surface area contributed by atoms with Crippen LogP contribution in [0.4, 0.5) is 0 Å². The standard InChI is InChI=1S/C9H12ClNO/c1-6-7-3-4-11(2)5-8(7)12-9(6)10/h3-5H2,1-2H3. The molecule has 0 amide bonds. The van der Waals surface area contributed by atoms with E-state index >= 15 is 0 Å². The fourth-order valence-corrected chi connectivity index (χ4v) is 1.86. The largest absolute Gasteiger partial charge is 0.448 e. The molecule has 66 valence electrons. The van der Waals surface area contributed by atoms with Gasteiger partial charge in [-0.3, -0.25) is 4.90 Å². The fraction of sp³-hybridized carbons (Fsp3) is 0.556. The molecule has 0 saturated heterocycles. The van der Waals surface area contributed by atoms with Crippen LogP contribution >= 0.6 is 11.6 Å². The van der Waals surface area contributed by atoms with Gasteiger partial charge in [-0.05, 0) is 32.0 Å². The Balaban J connectivity index is 2.43. The summed E-state index contributed by atoms with van der Waals surface area (Å²) >= 11 is 5.88. The topological polar surface area (TPSA) is 16.4 Å². The van der Waals surface area contributed by atoms with E-state index in [-0.39, 0.29) is 0 Å². The van der Waals surface area contributed by atoms with Gasteiger partial charge in [0.2, 0.25) is 0 Å². The lowest BCUT2D eigenvalue weighted by Crippen LogP contribution is -2.25. The van der Waals surface area contributed by atoms with Crippen LogP contribution in [0.25, 0.3) is 0 Å². The van der Waals surface area contributed by atoms with Gasteiger partial charge in [0.15, 0.2) is 5.22 Å². The van der Waals surface area contributed by atoms with Crippen molar-refractivity contribution in [3.05, 3.63) is 22.1 Å². The van der Waals surface area contributed by atoms with Gasteiger partial charge in [-0.2, -0.15) is 0 Å². The molecule has 1 aromatic rings. The van der Waals surface area contributed by atoms with Crippen LogP contribution in [0.5, 0.6) is 0 Å². The lowest BCUT2D eigenvalue weighted by atomic mass is 10.0. The first-order chi connectivity index (χ1) is 5.68. The van der Waals surface area contributed by atoms with E-state index in [9.17, 15) is 0 Å². The Morgan fingerprint density at radius 3 is 3.00 bits per heavy atom. The molecule has 0 aromatic carbocycles. The molecule has 1 aliphatic rings. The van der Waals surface area contributed by atoms with Crippen molar-refractivity contribution < 1.29 is 4.42 Å². The Morgan fingerprint density at radius 2 is 2.25 bits per heavy atom. The summed E-state index contributed by atoms with van der Waals surface area (Å²) in [6.07, 6.45) is 1.06. The highest BCUT2D eigenvalue weighted by Gasteiger charge is 2.21. The van der Waals surface area contributed by atoms with Gasteiger partial charge in [0.25, 0.3) is 0 Å². The van der Waals surface area contributed by atoms with Gasteiger partial charge in [0.1, 0.15) is 5.76 Å². The van der Waals surface area contributed by atoms with Crippen LogP contribution in [-0.4, -0.2) is 18.5 Å². The molecule has 1 aromatic heterocycles. The molecular weight excluding hydrogens is 174 g/mol. The van der Waals surface area contributed by atoms with Crippen molar-refractivity contribution in [2.75, 3.05) is 13.6 Å². The summed E-state index contributed by atoms with van der Waals surface area (Å²) in [6, 6.07) is 0. The third kappa shape index (κ3) is 1.15. The molecule has 0 fully saturated rings. The zero-order valence-electron chi connectivity index (χ0n) is 7.35. The third-order valence-corrected chi connectivity index (χ3v) is 2.81. The fourth-order valence-electron chi connectivity index (χ4n) is 1.66. The number of fused-ring (bicyclic) bond motifs is 1. The van der Waals surface area contributed by atoms with Crippen molar-refractivity contribution in [1.82, 2.24) is 4.90 Å². The quantitative estimate of drug-likeness (QED) is 0.617. The molecule has 2 heterocycles. The van der Waals surface area contributed by atoms with E-state index in [0.717, 1.165) is 30.8 Å². The Hall–Kier alpha value is -0.470. The van der Waals surface area contributed by atoms with Crippen LogP contribution in [0, 0.1) is 6.92 Å². The minimum Gasteiger partial charge on any atom is -0.448 e. The SMILES string of the molecule is Cc1c(Cl)oc2c1CCN(C)C2. The maximum atomic E-state index is 5.88. The Bertz CT molecular complexity index is 306. The number of likely N-dealkylation sites (N-methyl/N-ethyl adjacent to an activating group) is 1. The number of nitrogens with zero attached hydrogens (tertiary/aromatic N) is 1. The second-order valence-corrected chi connectivity index (χ2v) is 3.73. The Labute approximate surface area is 77.1 Å². The first-order valence-corrected chi connectivity index (χ1v) is 4.51. The molecule has 0 aliphatic carbocycles. The van der Waals surface area contributed by atoms with Crippen LogP contribution in [0.1, 0.15) is 16.9 Å². The molecule has 0 unspecified atom stereocenters. The van der Waals surface area contributed by atoms with Gasteiger partial charge in [-0.15, -0.1) is 0 Å². The maximum Gasteiger partial charge on any atom is 0.196 e. The summed E-state index contributed by atoms with van der Waals surface area (Å²) in [5.74, 6) is 1.05. The average Bonchev–Trinajstić information content (AvgIpc) is 2.28. The predicted molar refractivity (Wildman–Crippen MR) is 48.5 cm³/mol. The first-order valence-electron chi connectivity index (χ1n) is 4.13. The second-order valence-electron chi connectivity index (χ2n) is 3.39. The zero-order chi connectivity index (χ0) is 8.72. The lowest BCUT2D eigenvalue weighted by Gasteiger charge is -2.20. The molecule has 0 spiro atoms. The van der Waals surface area contributed by atoms with Crippen molar-refractivity contribution >= 4 is 11.6 Å². The summed E-state index contributed by atoms with van der Waals surface area (Å²) in [7, 11) is 2.09. The monoisotopic (exact) mass is 185 g/mol. The number of halogens is 1. The maximum absolute atomic E-state index is 5.88. The summed E-state index contributed by atoms with van der Waals surface area (Å²) < 4.78 is 5.43. The highest BCUT2D eigenvalue weighted by Crippen LogP contribution is 2.29. The van der Waals surface area contributed by atoms with E-state index in [2.05, 4.69) is 11.9 Å². The zero-order valence-corrected chi connectivity index (χ0v) is 8.11. The Morgan fingerprint density at radius 1 is 1.50 bits per heavy atom.